The highest BCUT2D eigenvalue weighted by Crippen LogP contribution is 2.40. The molecule has 2 fully saturated rings. The van der Waals surface area contributed by atoms with Crippen molar-refractivity contribution in [2.24, 2.45) is 0 Å². The molecule has 198 valence electrons. The van der Waals surface area contributed by atoms with Crippen molar-refractivity contribution in [3.8, 4) is 0 Å². The molecule has 8 heteroatoms. The lowest BCUT2D eigenvalue weighted by Gasteiger charge is -2.38. The SMILES string of the molecule is O=C(Cc1cn2c(=O)cccc2n1C1CCCCC1)NCC1(c2ccc(C(F)(F)F)cc2)CCCCC1. The number of hydrogen-bond acceptors (Lipinski definition) is 2. The molecule has 5 rings (SSSR count). The van der Waals surface area contributed by atoms with Gasteiger partial charge in [0.2, 0.25) is 5.91 Å². The number of hydrogen-bond donors (Lipinski definition) is 1. The van der Waals surface area contributed by atoms with E-state index in [2.05, 4.69) is 9.88 Å². The van der Waals surface area contributed by atoms with Gasteiger partial charge in [-0.1, -0.05) is 56.7 Å². The Hall–Kier alpha value is -3.03. The van der Waals surface area contributed by atoms with Crippen LogP contribution in [0.15, 0.2) is 53.5 Å². The van der Waals surface area contributed by atoms with E-state index in [1.165, 1.54) is 12.5 Å². The zero-order valence-electron chi connectivity index (χ0n) is 21.0. The van der Waals surface area contributed by atoms with E-state index in [4.69, 9.17) is 0 Å². The molecule has 0 atom stereocenters. The Bertz CT molecular complexity index is 1290. The molecule has 2 saturated carbocycles. The van der Waals surface area contributed by atoms with Crippen LogP contribution in [0.1, 0.15) is 87.1 Å². The van der Waals surface area contributed by atoms with Crippen LogP contribution in [0.3, 0.4) is 0 Å². The van der Waals surface area contributed by atoms with E-state index in [0.717, 1.165) is 86.8 Å². The zero-order valence-corrected chi connectivity index (χ0v) is 21.0. The monoisotopic (exact) mass is 513 g/mol. The van der Waals surface area contributed by atoms with Gasteiger partial charge in [-0.2, -0.15) is 13.2 Å². The minimum absolute atomic E-state index is 0.114. The maximum atomic E-state index is 13.3. The molecule has 1 amide bonds. The molecule has 37 heavy (non-hydrogen) atoms. The normalized spacial score (nSPS) is 18.7. The highest BCUT2D eigenvalue weighted by molar-refractivity contribution is 5.78. The highest BCUT2D eigenvalue weighted by atomic mass is 19.4. The van der Waals surface area contributed by atoms with Gasteiger partial charge in [0.1, 0.15) is 5.65 Å². The van der Waals surface area contributed by atoms with Gasteiger partial charge in [0, 0.05) is 36.0 Å². The Morgan fingerprint density at radius 2 is 1.62 bits per heavy atom. The first-order chi connectivity index (χ1) is 17.8. The lowest BCUT2D eigenvalue weighted by Crippen LogP contribution is -2.42. The topological polar surface area (TPSA) is 55.5 Å². The number of alkyl halides is 3. The van der Waals surface area contributed by atoms with Crippen LogP contribution in [0.4, 0.5) is 13.2 Å². The van der Waals surface area contributed by atoms with E-state index in [0.29, 0.717) is 6.54 Å². The van der Waals surface area contributed by atoms with Crippen molar-refractivity contribution in [3.05, 3.63) is 75.8 Å². The third-order valence-corrected chi connectivity index (χ3v) is 8.34. The largest absolute Gasteiger partial charge is 0.416 e. The number of imidazole rings is 1. The fourth-order valence-electron chi connectivity index (χ4n) is 6.37. The summed E-state index contributed by atoms with van der Waals surface area (Å²) in [5, 5.41) is 3.11. The number of pyridine rings is 1. The summed E-state index contributed by atoms with van der Waals surface area (Å²) in [5.74, 6) is -0.134. The Labute approximate surface area is 214 Å². The number of rotatable bonds is 6. The van der Waals surface area contributed by atoms with Crippen LogP contribution in [0.25, 0.3) is 5.65 Å². The summed E-state index contributed by atoms with van der Waals surface area (Å²) in [6.45, 7) is 0.390. The highest BCUT2D eigenvalue weighted by Gasteiger charge is 2.36. The molecule has 0 unspecified atom stereocenters. The van der Waals surface area contributed by atoms with Gasteiger partial charge in [-0.05, 0) is 49.4 Å². The molecule has 2 aromatic heterocycles. The molecular weight excluding hydrogens is 479 g/mol. The van der Waals surface area contributed by atoms with Crippen molar-refractivity contribution in [2.75, 3.05) is 6.54 Å². The molecule has 0 bridgehead atoms. The first kappa shape index (κ1) is 25.6. The molecule has 0 radical (unpaired) electrons. The molecule has 2 heterocycles. The van der Waals surface area contributed by atoms with E-state index in [9.17, 15) is 22.8 Å². The van der Waals surface area contributed by atoms with Gasteiger partial charge in [-0.15, -0.1) is 0 Å². The molecule has 0 spiro atoms. The summed E-state index contributed by atoms with van der Waals surface area (Å²) in [7, 11) is 0. The van der Waals surface area contributed by atoms with E-state index in [1.807, 2.05) is 6.07 Å². The minimum Gasteiger partial charge on any atom is -0.355 e. The van der Waals surface area contributed by atoms with E-state index in [-0.39, 0.29) is 29.3 Å². The quantitative estimate of drug-likeness (QED) is 0.428. The van der Waals surface area contributed by atoms with Crippen molar-refractivity contribution < 1.29 is 18.0 Å². The van der Waals surface area contributed by atoms with Gasteiger partial charge in [0.25, 0.3) is 5.56 Å². The number of halogens is 3. The second-order valence-corrected chi connectivity index (χ2v) is 10.7. The Morgan fingerprint density at radius 3 is 2.30 bits per heavy atom. The predicted molar refractivity (Wildman–Crippen MR) is 137 cm³/mol. The van der Waals surface area contributed by atoms with Gasteiger partial charge < -0.3 is 9.88 Å². The van der Waals surface area contributed by atoms with Crippen LogP contribution >= 0.6 is 0 Å². The summed E-state index contributed by atoms with van der Waals surface area (Å²) < 4.78 is 43.1. The summed E-state index contributed by atoms with van der Waals surface area (Å²) in [6.07, 6.45) is 7.81. The molecule has 1 N–H and O–H groups in total. The standard InChI is InChI=1S/C29H34F3N3O2/c30-29(31,32)22-14-12-21(13-15-22)28(16-5-2-6-17-28)20-33-25(36)18-24-19-34-26(10-7-11-27(34)37)35(24)23-8-3-1-4-9-23/h7,10-15,19,23H,1-6,8-9,16-18,20H2,(H,33,36). The van der Waals surface area contributed by atoms with E-state index < -0.39 is 11.7 Å². The summed E-state index contributed by atoms with van der Waals surface area (Å²) in [5.41, 5.74) is 1.35. The predicted octanol–water partition coefficient (Wildman–Crippen LogP) is 6.19. The van der Waals surface area contributed by atoms with Crippen LogP contribution < -0.4 is 10.9 Å². The van der Waals surface area contributed by atoms with Crippen LogP contribution in [0, 0.1) is 0 Å². The lowest BCUT2D eigenvalue weighted by atomic mass is 9.69. The number of aromatic nitrogens is 2. The van der Waals surface area contributed by atoms with Crippen molar-refractivity contribution >= 4 is 11.6 Å². The number of amides is 1. The number of carbonyl (C=O) groups excluding carboxylic acids is 1. The molecule has 2 aliphatic rings. The van der Waals surface area contributed by atoms with Crippen LogP contribution in [-0.4, -0.2) is 21.4 Å². The maximum Gasteiger partial charge on any atom is 0.416 e. The van der Waals surface area contributed by atoms with Gasteiger partial charge >= 0.3 is 6.18 Å². The van der Waals surface area contributed by atoms with Gasteiger partial charge in [-0.25, -0.2) is 0 Å². The van der Waals surface area contributed by atoms with Crippen LogP contribution in [-0.2, 0) is 22.8 Å². The van der Waals surface area contributed by atoms with E-state index >= 15 is 0 Å². The zero-order chi connectivity index (χ0) is 26.0. The average molecular weight is 514 g/mol. The minimum atomic E-state index is -4.37. The third kappa shape index (κ3) is 5.34. The Balaban J connectivity index is 1.36. The number of nitrogens with zero attached hydrogens (tertiary/aromatic N) is 2. The fraction of sp³-hybridized carbons (Fsp3) is 0.517. The Morgan fingerprint density at radius 1 is 0.946 bits per heavy atom. The average Bonchev–Trinajstić information content (AvgIpc) is 3.27. The second kappa shape index (κ2) is 10.4. The van der Waals surface area contributed by atoms with Gasteiger partial charge in [0.15, 0.2) is 0 Å². The molecule has 3 aromatic rings. The number of fused-ring (bicyclic) bond motifs is 1. The van der Waals surface area contributed by atoms with E-state index in [1.54, 1.807) is 28.8 Å². The van der Waals surface area contributed by atoms with Gasteiger partial charge in [-0.3, -0.25) is 14.0 Å². The lowest BCUT2D eigenvalue weighted by molar-refractivity contribution is -0.137. The first-order valence-corrected chi connectivity index (χ1v) is 13.4. The number of nitrogens with one attached hydrogen (secondary N) is 1. The third-order valence-electron chi connectivity index (χ3n) is 8.34. The number of carbonyl (C=O) groups is 1. The maximum absolute atomic E-state index is 13.3. The first-order valence-electron chi connectivity index (χ1n) is 13.4. The van der Waals surface area contributed by atoms with Crippen LogP contribution in [0.2, 0.25) is 0 Å². The summed E-state index contributed by atoms with van der Waals surface area (Å²) in [4.78, 5) is 25.8. The summed E-state index contributed by atoms with van der Waals surface area (Å²) >= 11 is 0. The molecule has 1 aromatic carbocycles. The molecule has 2 aliphatic carbocycles. The van der Waals surface area contributed by atoms with Crippen molar-refractivity contribution in [2.45, 2.75) is 88.3 Å². The smallest absolute Gasteiger partial charge is 0.355 e. The second-order valence-electron chi connectivity index (χ2n) is 10.7. The van der Waals surface area contributed by atoms with Crippen LogP contribution in [0.5, 0.6) is 0 Å². The van der Waals surface area contributed by atoms with Gasteiger partial charge in [0.05, 0.1) is 12.0 Å². The molecular formula is C29H34F3N3O2. The van der Waals surface area contributed by atoms with Crippen molar-refractivity contribution in [1.82, 2.24) is 14.3 Å². The van der Waals surface area contributed by atoms with Crippen molar-refractivity contribution in [1.29, 1.82) is 0 Å². The molecule has 0 aliphatic heterocycles. The Kier molecular flexibility index (Phi) is 7.19. The summed E-state index contributed by atoms with van der Waals surface area (Å²) in [6, 6.07) is 10.9. The number of benzene rings is 1. The van der Waals surface area contributed by atoms with Crippen molar-refractivity contribution in [3.63, 3.8) is 0 Å². The fourth-order valence-corrected chi connectivity index (χ4v) is 6.37. The molecule has 0 saturated heterocycles. The molecule has 5 nitrogen and oxygen atoms in total.